The first-order chi connectivity index (χ1) is 16.1. The second-order valence-electron chi connectivity index (χ2n) is 7.47. The maximum Gasteiger partial charge on any atom is 0.490 e. The summed E-state index contributed by atoms with van der Waals surface area (Å²) in [4.78, 5) is 28.1. The zero-order chi connectivity index (χ0) is 24.7. The molecule has 0 saturated heterocycles. The molecule has 4 rings (SSSR count). The molecule has 3 aromatic rings. The fraction of sp³-hybridized carbons (Fsp3) is 0.318. The van der Waals surface area contributed by atoms with E-state index < -0.39 is 12.1 Å². The number of rotatable bonds is 4. The van der Waals surface area contributed by atoms with Crippen molar-refractivity contribution in [1.29, 1.82) is 0 Å². The summed E-state index contributed by atoms with van der Waals surface area (Å²) in [5.41, 5.74) is 3.48. The second-order valence-corrected chi connectivity index (χ2v) is 7.47. The van der Waals surface area contributed by atoms with Crippen LogP contribution in [0, 0.1) is 6.92 Å². The molecular formula is C22H22F3N5O4. The first kappa shape index (κ1) is 24.8. The molecule has 9 nitrogen and oxygen atoms in total. The lowest BCUT2D eigenvalue weighted by molar-refractivity contribution is -0.192. The van der Waals surface area contributed by atoms with E-state index in [0.717, 1.165) is 17.1 Å². The number of carbonyl (C=O) groups excluding carboxylic acids is 1. The lowest BCUT2D eigenvalue weighted by Gasteiger charge is -2.24. The Morgan fingerprint density at radius 1 is 1.15 bits per heavy atom. The van der Waals surface area contributed by atoms with Gasteiger partial charge in [0.25, 0.3) is 5.91 Å². The van der Waals surface area contributed by atoms with Gasteiger partial charge in [0.2, 0.25) is 0 Å². The Morgan fingerprint density at radius 3 is 2.56 bits per heavy atom. The van der Waals surface area contributed by atoms with Gasteiger partial charge in [0.15, 0.2) is 0 Å². The molecule has 1 N–H and O–H groups in total. The van der Waals surface area contributed by atoms with E-state index in [1.54, 1.807) is 6.07 Å². The van der Waals surface area contributed by atoms with Crippen LogP contribution < -0.4 is 0 Å². The molecule has 0 bridgehead atoms. The van der Waals surface area contributed by atoms with E-state index in [0.29, 0.717) is 31.8 Å². The molecule has 0 spiro atoms. The van der Waals surface area contributed by atoms with Crippen molar-refractivity contribution in [2.45, 2.75) is 38.9 Å². The van der Waals surface area contributed by atoms with E-state index in [4.69, 9.17) is 14.6 Å². The molecule has 1 aliphatic heterocycles. The highest BCUT2D eigenvalue weighted by Crippen LogP contribution is 2.18. The monoisotopic (exact) mass is 477 g/mol. The number of carboxylic acid groups (broad SMARTS) is 1. The van der Waals surface area contributed by atoms with Gasteiger partial charge in [-0.2, -0.15) is 23.4 Å². The van der Waals surface area contributed by atoms with E-state index in [1.165, 1.54) is 12.4 Å². The van der Waals surface area contributed by atoms with Gasteiger partial charge in [-0.15, -0.1) is 0 Å². The third-order valence-corrected chi connectivity index (χ3v) is 4.87. The SMILES string of the molecule is Cc1cccc(COC2CN(C(=O)c3ccnnc3)Cc3cccn3C2)n1.O=C(O)C(F)(F)F. The highest BCUT2D eigenvalue weighted by Gasteiger charge is 2.38. The number of ether oxygens (including phenoxy) is 1. The number of aromatic nitrogens is 4. The van der Waals surface area contributed by atoms with E-state index in [2.05, 4.69) is 19.7 Å². The number of amides is 1. The van der Waals surface area contributed by atoms with Gasteiger partial charge >= 0.3 is 12.1 Å². The zero-order valence-electron chi connectivity index (χ0n) is 18.1. The molecule has 1 atom stereocenters. The molecular weight excluding hydrogens is 455 g/mol. The number of pyridine rings is 1. The highest BCUT2D eigenvalue weighted by atomic mass is 19.4. The fourth-order valence-electron chi connectivity index (χ4n) is 3.30. The Morgan fingerprint density at radius 2 is 1.91 bits per heavy atom. The van der Waals surface area contributed by atoms with Crippen LogP contribution in [0.2, 0.25) is 0 Å². The van der Waals surface area contributed by atoms with Gasteiger partial charge in [-0.05, 0) is 37.3 Å². The maximum absolute atomic E-state index is 12.9. The van der Waals surface area contributed by atoms with Crippen molar-refractivity contribution < 1.29 is 32.6 Å². The van der Waals surface area contributed by atoms with Crippen LogP contribution >= 0.6 is 0 Å². The van der Waals surface area contributed by atoms with Gasteiger partial charge in [0.05, 0.1) is 49.5 Å². The summed E-state index contributed by atoms with van der Waals surface area (Å²) in [6.07, 6.45) is -0.151. The topological polar surface area (TPSA) is 110 Å². The number of fused-ring (bicyclic) bond motifs is 1. The standard InChI is InChI=1S/C20H21N5O2.C2HF3O2/c1-15-4-2-5-17(23-15)14-27-19-12-24-9-3-6-18(24)11-25(13-19)20(26)16-7-8-21-22-10-16;3-2(4,5)1(6)7/h2-10,19H,11-14H2,1H3;(H,6,7). The summed E-state index contributed by atoms with van der Waals surface area (Å²) in [7, 11) is 0. The largest absolute Gasteiger partial charge is 0.490 e. The quantitative estimate of drug-likeness (QED) is 0.615. The van der Waals surface area contributed by atoms with E-state index >= 15 is 0 Å². The number of carbonyl (C=O) groups is 2. The van der Waals surface area contributed by atoms with Crippen LogP contribution in [-0.4, -0.2) is 60.5 Å². The van der Waals surface area contributed by atoms with Gasteiger partial charge < -0.3 is 19.3 Å². The lowest BCUT2D eigenvalue weighted by Crippen LogP contribution is -2.37. The Labute approximate surface area is 192 Å². The number of carboxylic acids is 1. The summed E-state index contributed by atoms with van der Waals surface area (Å²) in [6, 6.07) is 11.6. The van der Waals surface area contributed by atoms with Crippen LogP contribution in [0.15, 0.2) is 55.0 Å². The predicted octanol–water partition coefficient (Wildman–Crippen LogP) is 2.86. The molecule has 12 heteroatoms. The third kappa shape index (κ3) is 6.85. The molecule has 0 aromatic carbocycles. The van der Waals surface area contributed by atoms with Crippen LogP contribution in [0.1, 0.15) is 27.4 Å². The smallest absolute Gasteiger partial charge is 0.475 e. The first-order valence-corrected chi connectivity index (χ1v) is 10.2. The number of alkyl halides is 3. The molecule has 1 unspecified atom stereocenters. The maximum atomic E-state index is 12.9. The Hall–Kier alpha value is -3.80. The van der Waals surface area contributed by atoms with Gasteiger partial charge in [-0.3, -0.25) is 9.78 Å². The second kappa shape index (κ2) is 10.9. The number of aryl methyl sites for hydroxylation is 1. The van der Waals surface area contributed by atoms with Crippen LogP contribution in [0.3, 0.4) is 0 Å². The van der Waals surface area contributed by atoms with Crippen molar-refractivity contribution in [3.8, 4) is 0 Å². The molecule has 180 valence electrons. The van der Waals surface area contributed by atoms with Gasteiger partial charge in [0, 0.05) is 24.1 Å². The summed E-state index contributed by atoms with van der Waals surface area (Å²) >= 11 is 0. The number of halogens is 3. The zero-order valence-corrected chi connectivity index (χ0v) is 18.1. The van der Waals surface area contributed by atoms with Crippen LogP contribution in [0.4, 0.5) is 13.2 Å². The summed E-state index contributed by atoms with van der Waals surface area (Å²) in [5, 5.41) is 14.7. The van der Waals surface area contributed by atoms with Crippen molar-refractivity contribution >= 4 is 11.9 Å². The number of hydrogen-bond donors (Lipinski definition) is 1. The van der Waals surface area contributed by atoms with Crippen molar-refractivity contribution in [3.05, 3.63) is 77.6 Å². The molecule has 1 amide bonds. The van der Waals surface area contributed by atoms with E-state index in [-0.39, 0.29) is 12.0 Å². The molecule has 1 aliphatic rings. The first-order valence-electron chi connectivity index (χ1n) is 10.2. The fourth-order valence-corrected chi connectivity index (χ4v) is 3.30. The lowest BCUT2D eigenvalue weighted by atomic mass is 10.2. The van der Waals surface area contributed by atoms with Crippen molar-refractivity contribution in [3.63, 3.8) is 0 Å². The van der Waals surface area contributed by atoms with Gasteiger partial charge in [-0.1, -0.05) is 6.07 Å². The van der Waals surface area contributed by atoms with E-state index in [1.807, 2.05) is 48.4 Å². The molecule has 3 aromatic heterocycles. The van der Waals surface area contributed by atoms with Crippen molar-refractivity contribution in [2.75, 3.05) is 6.54 Å². The minimum Gasteiger partial charge on any atom is -0.475 e. The molecule has 4 heterocycles. The van der Waals surface area contributed by atoms with Gasteiger partial charge in [0.1, 0.15) is 0 Å². The minimum absolute atomic E-state index is 0.0677. The van der Waals surface area contributed by atoms with E-state index in [9.17, 15) is 18.0 Å². The molecule has 34 heavy (non-hydrogen) atoms. The molecule has 0 aliphatic carbocycles. The van der Waals surface area contributed by atoms with Crippen LogP contribution in [-0.2, 0) is 29.2 Å². The molecule has 0 radical (unpaired) electrons. The summed E-state index contributed by atoms with van der Waals surface area (Å²) in [5.74, 6) is -2.82. The van der Waals surface area contributed by atoms with Crippen LogP contribution in [0.5, 0.6) is 0 Å². The average molecular weight is 477 g/mol. The molecule has 0 saturated carbocycles. The minimum atomic E-state index is -5.08. The normalized spacial score (nSPS) is 15.5. The number of nitrogens with zero attached hydrogens (tertiary/aromatic N) is 5. The molecule has 0 fully saturated rings. The third-order valence-electron chi connectivity index (χ3n) is 4.87. The predicted molar refractivity (Wildman–Crippen MR) is 112 cm³/mol. The number of hydrogen-bond acceptors (Lipinski definition) is 6. The van der Waals surface area contributed by atoms with Crippen molar-refractivity contribution in [2.24, 2.45) is 0 Å². The van der Waals surface area contributed by atoms with Crippen LogP contribution in [0.25, 0.3) is 0 Å². The Bertz CT molecular complexity index is 1120. The number of aliphatic carboxylic acids is 1. The summed E-state index contributed by atoms with van der Waals surface area (Å²) < 4.78 is 40.0. The average Bonchev–Trinajstić information content (AvgIpc) is 3.15. The van der Waals surface area contributed by atoms with Crippen molar-refractivity contribution in [1.82, 2.24) is 24.6 Å². The Balaban J connectivity index is 0.000000406. The van der Waals surface area contributed by atoms with Gasteiger partial charge in [-0.25, -0.2) is 4.79 Å². The highest BCUT2D eigenvalue weighted by molar-refractivity contribution is 5.93. The summed E-state index contributed by atoms with van der Waals surface area (Å²) in [6.45, 7) is 4.13. The Kier molecular flexibility index (Phi) is 7.95.